The molecule has 0 fully saturated rings. The summed E-state index contributed by atoms with van der Waals surface area (Å²) < 4.78 is 33.0. The number of sulfonamides is 1. The van der Waals surface area contributed by atoms with E-state index in [9.17, 15) is 8.42 Å². The van der Waals surface area contributed by atoms with E-state index in [-0.39, 0.29) is 4.90 Å². The number of rotatable bonds is 6. The fourth-order valence-corrected chi connectivity index (χ4v) is 2.86. The van der Waals surface area contributed by atoms with E-state index in [4.69, 9.17) is 4.74 Å². The largest absolute Gasteiger partial charge is 0.494 e. The van der Waals surface area contributed by atoms with E-state index < -0.39 is 10.0 Å². The Hall–Kier alpha value is -1.60. The first-order chi connectivity index (χ1) is 10.0. The third kappa shape index (κ3) is 4.44. The number of aromatic nitrogens is 1. The molecule has 1 aromatic heterocycles. The van der Waals surface area contributed by atoms with Crippen molar-refractivity contribution in [3.63, 3.8) is 0 Å². The average Bonchev–Trinajstić information content (AvgIpc) is 2.48. The molecule has 0 saturated heterocycles. The molecule has 2 aromatic rings. The fourth-order valence-electron chi connectivity index (χ4n) is 1.59. The summed E-state index contributed by atoms with van der Waals surface area (Å²) in [5, 5.41) is 0. The molecule has 21 heavy (non-hydrogen) atoms. The maximum Gasteiger partial charge on any atom is 0.261 e. The third-order valence-corrected chi connectivity index (χ3v) is 4.45. The normalized spacial score (nSPS) is 11.1. The van der Waals surface area contributed by atoms with Gasteiger partial charge in [-0.15, -0.1) is 0 Å². The van der Waals surface area contributed by atoms with E-state index in [0.717, 1.165) is 6.42 Å². The highest BCUT2D eigenvalue weighted by Crippen LogP contribution is 2.19. The van der Waals surface area contributed by atoms with Crippen molar-refractivity contribution in [3.05, 3.63) is 47.2 Å². The van der Waals surface area contributed by atoms with Gasteiger partial charge in [0.05, 0.1) is 23.4 Å². The summed E-state index contributed by atoms with van der Waals surface area (Å²) in [6.07, 6.45) is 2.35. The molecule has 1 aromatic carbocycles. The summed E-state index contributed by atoms with van der Waals surface area (Å²) in [6, 6.07) is 9.61. The van der Waals surface area contributed by atoms with E-state index in [1.54, 1.807) is 24.3 Å². The van der Waals surface area contributed by atoms with Gasteiger partial charge in [-0.3, -0.25) is 4.72 Å². The van der Waals surface area contributed by atoms with Gasteiger partial charge in [-0.05, 0) is 58.7 Å². The Kier molecular flexibility index (Phi) is 5.19. The van der Waals surface area contributed by atoms with Crippen LogP contribution >= 0.6 is 15.9 Å². The van der Waals surface area contributed by atoms with Gasteiger partial charge in [0.15, 0.2) is 0 Å². The summed E-state index contributed by atoms with van der Waals surface area (Å²) in [6.45, 7) is 2.61. The Morgan fingerprint density at radius 1 is 1.19 bits per heavy atom. The molecule has 1 heterocycles. The lowest BCUT2D eigenvalue weighted by molar-refractivity contribution is 0.317. The number of nitrogens with one attached hydrogen (secondary N) is 1. The van der Waals surface area contributed by atoms with E-state index in [1.807, 2.05) is 6.92 Å². The van der Waals surface area contributed by atoms with Crippen molar-refractivity contribution in [1.82, 2.24) is 4.98 Å². The van der Waals surface area contributed by atoms with Crippen LogP contribution in [0.15, 0.2) is 52.1 Å². The van der Waals surface area contributed by atoms with Gasteiger partial charge < -0.3 is 4.74 Å². The molecule has 0 aliphatic carbocycles. The summed E-state index contributed by atoms with van der Waals surface area (Å²) in [7, 11) is -3.62. The Balaban J connectivity index is 2.13. The zero-order valence-electron chi connectivity index (χ0n) is 11.4. The highest BCUT2D eigenvalue weighted by molar-refractivity contribution is 9.10. The van der Waals surface area contributed by atoms with Crippen molar-refractivity contribution in [2.24, 2.45) is 0 Å². The van der Waals surface area contributed by atoms with Crippen molar-refractivity contribution in [2.45, 2.75) is 18.2 Å². The lowest BCUT2D eigenvalue weighted by Gasteiger charge is -2.09. The number of halogens is 1. The molecule has 7 heteroatoms. The number of benzene rings is 1. The summed E-state index contributed by atoms with van der Waals surface area (Å²) in [5.74, 6) is 0.654. The van der Waals surface area contributed by atoms with Gasteiger partial charge >= 0.3 is 0 Å². The molecule has 0 aliphatic heterocycles. The first kappa shape index (κ1) is 15.8. The lowest BCUT2D eigenvalue weighted by Crippen LogP contribution is -2.13. The van der Waals surface area contributed by atoms with Crippen LogP contribution in [0.2, 0.25) is 0 Å². The predicted molar refractivity (Wildman–Crippen MR) is 85.0 cm³/mol. The topological polar surface area (TPSA) is 68.3 Å². The molecule has 112 valence electrons. The molecule has 2 rings (SSSR count). The minimum absolute atomic E-state index is 0.175. The van der Waals surface area contributed by atoms with Gasteiger partial charge in [0.1, 0.15) is 10.4 Å². The molecular weight excluding hydrogens is 356 g/mol. The van der Waals surface area contributed by atoms with Crippen molar-refractivity contribution in [1.29, 1.82) is 0 Å². The predicted octanol–water partition coefficient (Wildman–Crippen LogP) is 3.43. The van der Waals surface area contributed by atoms with Crippen LogP contribution in [-0.2, 0) is 10.0 Å². The van der Waals surface area contributed by atoms with Crippen molar-refractivity contribution < 1.29 is 13.2 Å². The third-order valence-electron chi connectivity index (χ3n) is 2.59. The molecule has 5 nitrogen and oxygen atoms in total. The van der Waals surface area contributed by atoms with E-state index >= 15 is 0 Å². The number of anilines is 1. The molecular formula is C14H15BrN2O3S. The standard InChI is InChI=1S/C14H15BrN2O3S/c1-2-9-20-12-4-6-13(7-5-12)21(18,19)17-11-3-8-14(15)16-10-11/h3-8,10,17H,2,9H2,1H3. The monoisotopic (exact) mass is 370 g/mol. The van der Waals surface area contributed by atoms with Crippen LogP contribution in [0, 0.1) is 0 Å². The first-order valence-electron chi connectivity index (χ1n) is 6.38. The zero-order chi connectivity index (χ0) is 15.3. The minimum atomic E-state index is -3.62. The van der Waals surface area contributed by atoms with Crippen molar-refractivity contribution in [3.8, 4) is 5.75 Å². The van der Waals surface area contributed by atoms with Crippen molar-refractivity contribution >= 4 is 31.6 Å². The molecule has 0 spiro atoms. The van der Waals surface area contributed by atoms with Crippen LogP contribution < -0.4 is 9.46 Å². The van der Waals surface area contributed by atoms with Crippen LogP contribution in [0.3, 0.4) is 0 Å². The summed E-state index contributed by atoms with van der Waals surface area (Å²) in [4.78, 5) is 4.15. The molecule has 0 aliphatic rings. The van der Waals surface area contributed by atoms with Gasteiger partial charge in [-0.25, -0.2) is 13.4 Å². The number of hydrogen-bond donors (Lipinski definition) is 1. The highest BCUT2D eigenvalue weighted by Gasteiger charge is 2.14. The number of nitrogens with zero attached hydrogens (tertiary/aromatic N) is 1. The second-order valence-corrected chi connectivity index (χ2v) is 6.79. The smallest absolute Gasteiger partial charge is 0.261 e. The SMILES string of the molecule is CCCOc1ccc(S(=O)(=O)Nc2ccc(Br)nc2)cc1. The first-order valence-corrected chi connectivity index (χ1v) is 8.66. The zero-order valence-corrected chi connectivity index (χ0v) is 13.8. The number of ether oxygens (including phenoxy) is 1. The van der Waals surface area contributed by atoms with Gasteiger partial charge in [0, 0.05) is 0 Å². The summed E-state index contributed by atoms with van der Waals surface area (Å²) >= 11 is 3.20. The Morgan fingerprint density at radius 2 is 1.90 bits per heavy atom. The molecule has 0 atom stereocenters. The van der Waals surface area contributed by atoms with Gasteiger partial charge in [0.2, 0.25) is 0 Å². The number of pyridine rings is 1. The Labute approximate surface area is 132 Å². The van der Waals surface area contributed by atoms with E-state index in [2.05, 4.69) is 25.6 Å². The van der Waals surface area contributed by atoms with Crippen LogP contribution in [-0.4, -0.2) is 20.0 Å². The molecule has 0 amide bonds. The highest BCUT2D eigenvalue weighted by atomic mass is 79.9. The maximum absolute atomic E-state index is 12.2. The fraction of sp³-hybridized carbons (Fsp3) is 0.214. The van der Waals surface area contributed by atoms with Crippen LogP contribution in [0.1, 0.15) is 13.3 Å². The Morgan fingerprint density at radius 3 is 2.48 bits per heavy atom. The number of hydrogen-bond acceptors (Lipinski definition) is 4. The average molecular weight is 371 g/mol. The lowest BCUT2D eigenvalue weighted by atomic mass is 10.3. The Bertz CT molecular complexity index is 685. The quantitative estimate of drug-likeness (QED) is 0.790. The van der Waals surface area contributed by atoms with Crippen LogP contribution in [0.5, 0.6) is 5.75 Å². The molecule has 1 N–H and O–H groups in total. The van der Waals surface area contributed by atoms with Gasteiger partial charge in [-0.2, -0.15) is 0 Å². The van der Waals surface area contributed by atoms with Crippen molar-refractivity contribution in [2.75, 3.05) is 11.3 Å². The second-order valence-electron chi connectivity index (χ2n) is 4.29. The van der Waals surface area contributed by atoms with Crippen LogP contribution in [0.25, 0.3) is 0 Å². The van der Waals surface area contributed by atoms with Crippen LogP contribution in [0.4, 0.5) is 5.69 Å². The van der Waals surface area contributed by atoms with E-state index in [1.165, 1.54) is 18.3 Å². The molecule has 0 bridgehead atoms. The molecule has 0 unspecified atom stereocenters. The minimum Gasteiger partial charge on any atom is -0.494 e. The maximum atomic E-state index is 12.2. The molecule has 0 radical (unpaired) electrons. The molecule has 0 saturated carbocycles. The van der Waals surface area contributed by atoms with Gasteiger partial charge in [0.25, 0.3) is 10.0 Å². The van der Waals surface area contributed by atoms with E-state index in [0.29, 0.717) is 22.6 Å². The second kappa shape index (κ2) is 6.91. The summed E-state index contributed by atoms with van der Waals surface area (Å²) in [5.41, 5.74) is 0.407. The van der Waals surface area contributed by atoms with Gasteiger partial charge in [-0.1, -0.05) is 6.92 Å².